The van der Waals surface area contributed by atoms with Crippen molar-refractivity contribution in [2.75, 3.05) is 36.5 Å². The van der Waals surface area contributed by atoms with E-state index in [0.717, 1.165) is 28.9 Å². The largest absolute Gasteiger partial charge is 0.397 e. The number of aryl methyl sites for hydroxylation is 1. The number of likely N-dealkylation sites (tertiary alicyclic amines) is 1. The second-order valence-corrected chi connectivity index (χ2v) is 9.37. The van der Waals surface area contributed by atoms with Gasteiger partial charge in [0.1, 0.15) is 0 Å². The van der Waals surface area contributed by atoms with Crippen LogP contribution >= 0.6 is 11.6 Å². The lowest BCUT2D eigenvalue weighted by molar-refractivity contribution is -0.119. The molecule has 0 aromatic heterocycles. The second kappa shape index (κ2) is 10.8. The highest BCUT2D eigenvalue weighted by Gasteiger charge is 2.37. The van der Waals surface area contributed by atoms with Crippen molar-refractivity contribution in [2.24, 2.45) is 5.92 Å². The summed E-state index contributed by atoms with van der Waals surface area (Å²) in [4.78, 5) is 27.5. The van der Waals surface area contributed by atoms with E-state index in [1.807, 2.05) is 62.5 Å². The number of hydrogen-bond donors (Lipinski definition) is 3. The number of likely N-dealkylation sites (N-methyl/N-ethyl adjacent to an activating group) is 1. The normalized spacial score (nSPS) is 18.0. The van der Waals surface area contributed by atoms with Gasteiger partial charge in [-0.1, -0.05) is 48.0 Å². The molecule has 2 unspecified atom stereocenters. The summed E-state index contributed by atoms with van der Waals surface area (Å²) in [6, 6.07) is 20.6. The van der Waals surface area contributed by atoms with Crippen LogP contribution in [0, 0.1) is 12.8 Å². The zero-order valence-electron chi connectivity index (χ0n) is 19.8. The van der Waals surface area contributed by atoms with Gasteiger partial charge in [0.2, 0.25) is 11.8 Å². The number of carbonyl (C=O) groups is 2. The Hall–Kier alpha value is -3.61. The highest BCUT2D eigenvalue weighted by Crippen LogP contribution is 2.33. The summed E-state index contributed by atoms with van der Waals surface area (Å²) in [5.74, 6) is -0.337. The van der Waals surface area contributed by atoms with Crippen molar-refractivity contribution >= 4 is 46.6 Å². The Morgan fingerprint density at radius 2 is 1.77 bits per heavy atom. The van der Waals surface area contributed by atoms with Gasteiger partial charge in [0.25, 0.3) is 0 Å². The van der Waals surface area contributed by atoms with Crippen LogP contribution < -0.4 is 16.4 Å². The molecule has 0 bridgehead atoms. The molecule has 1 fully saturated rings. The first-order chi connectivity index (χ1) is 16.8. The molecule has 6 nitrogen and oxygen atoms in total. The molecule has 0 saturated carbocycles. The van der Waals surface area contributed by atoms with Gasteiger partial charge in [-0.3, -0.25) is 9.59 Å². The molecule has 0 radical (unpaired) electrons. The third kappa shape index (κ3) is 6.10. The maximum absolute atomic E-state index is 13.1. The number of nitrogen functional groups attached to an aromatic ring is 1. The summed E-state index contributed by atoms with van der Waals surface area (Å²) in [5, 5.41) is 6.51. The number of para-hydroxylation sites is 2. The standard InChI is InChI=1S/C28H29ClN4O2/c1-18-15-21(12-13-24(18)29)31-28(35)23-17-33(2)16-22(23)20-10-7-19(8-11-20)9-14-27(34)32-26-6-4-3-5-25(26)30/h3-15,22-23H,16-17,30H2,1-2H3,(H,31,35)(H,32,34). The molecule has 3 aromatic carbocycles. The first-order valence-electron chi connectivity index (χ1n) is 11.5. The molecule has 4 N–H and O–H groups in total. The predicted octanol–water partition coefficient (Wildman–Crippen LogP) is 5.17. The average Bonchev–Trinajstić information content (AvgIpc) is 3.24. The monoisotopic (exact) mass is 488 g/mol. The zero-order chi connectivity index (χ0) is 24.9. The van der Waals surface area contributed by atoms with Gasteiger partial charge in [0.05, 0.1) is 17.3 Å². The number of hydrogen-bond acceptors (Lipinski definition) is 4. The molecule has 2 atom stereocenters. The molecule has 1 saturated heterocycles. The highest BCUT2D eigenvalue weighted by molar-refractivity contribution is 6.31. The second-order valence-electron chi connectivity index (χ2n) is 8.96. The average molecular weight is 489 g/mol. The molecule has 1 aliphatic heterocycles. The lowest BCUT2D eigenvalue weighted by Crippen LogP contribution is -2.28. The van der Waals surface area contributed by atoms with Gasteiger partial charge in [-0.2, -0.15) is 0 Å². The molecule has 0 aliphatic carbocycles. The molecular formula is C28H29ClN4O2. The van der Waals surface area contributed by atoms with E-state index in [9.17, 15) is 9.59 Å². The smallest absolute Gasteiger partial charge is 0.248 e. The van der Waals surface area contributed by atoms with Crippen LogP contribution in [0.3, 0.4) is 0 Å². The molecule has 7 heteroatoms. The number of benzene rings is 3. The predicted molar refractivity (Wildman–Crippen MR) is 144 cm³/mol. The van der Waals surface area contributed by atoms with E-state index in [0.29, 0.717) is 22.9 Å². The molecule has 0 spiro atoms. The Morgan fingerprint density at radius 3 is 2.49 bits per heavy atom. The number of nitrogens with two attached hydrogens (primary N) is 1. The fourth-order valence-electron chi connectivity index (χ4n) is 4.37. The van der Waals surface area contributed by atoms with Crippen LogP contribution in [0.15, 0.2) is 72.8 Å². The molecule has 1 heterocycles. The van der Waals surface area contributed by atoms with Crippen molar-refractivity contribution < 1.29 is 9.59 Å². The van der Waals surface area contributed by atoms with Gasteiger partial charge in [0.15, 0.2) is 0 Å². The lowest BCUT2D eigenvalue weighted by Gasteiger charge is -2.19. The van der Waals surface area contributed by atoms with E-state index in [1.54, 1.807) is 24.3 Å². The Labute approximate surface area is 210 Å². The SMILES string of the molecule is Cc1cc(NC(=O)C2CN(C)CC2c2ccc(C=CC(=O)Nc3ccccc3N)cc2)ccc1Cl. The highest BCUT2D eigenvalue weighted by atomic mass is 35.5. The van der Waals surface area contributed by atoms with Gasteiger partial charge in [0, 0.05) is 35.8 Å². The number of carbonyl (C=O) groups excluding carboxylic acids is 2. The van der Waals surface area contributed by atoms with Crippen molar-refractivity contribution in [2.45, 2.75) is 12.8 Å². The maximum atomic E-state index is 13.1. The topological polar surface area (TPSA) is 87.5 Å². The summed E-state index contributed by atoms with van der Waals surface area (Å²) in [5.41, 5.74) is 10.6. The van der Waals surface area contributed by atoms with Crippen LogP contribution in [0.1, 0.15) is 22.6 Å². The summed E-state index contributed by atoms with van der Waals surface area (Å²) in [6.45, 7) is 3.40. The number of anilines is 3. The first kappa shape index (κ1) is 24.5. The first-order valence-corrected chi connectivity index (χ1v) is 11.9. The number of halogens is 1. The molecule has 180 valence electrons. The molecule has 2 amide bonds. The van der Waals surface area contributed by atoms with E-state index in [2.05, 4.69) is 15.5 Å². The van der Waals surface area contributed by atoms with Crippen LogP contribution in [0.25, 0.3) is 6.08 Å². The van der Waals surface area contributed by atoms with E-state index in [1.165, 1.54) is 6.08 Å². The Balaban J connectivity index is 1.41. The van der Waals surface area contributed by atoms with Crippen LogP contribution in [-0.4, -0.2) is 36.9 Å². The maximum Gasteiger partial charge on any atom is 0.248 e. The van der Waals surface area contributed by atoms with E-state index < -0.39 is 0 Å². The Morgan fingerprint density at radius 1 is 1.03 bits per heavy atom. The van der Waals surface area contributed by atoms with Gasteiger partial charge in [-0.05, 0) is 67.1 Å². The Bertz CT molecular complexity index is 1260. The minimum absolute atomic E-state index is 0.00176. The zero-order valence-corrected chi connectivity index (χ0v) is 20.5. The minimum atomic E-state index is -0.251. The number of nitrogens with one attached hydrogen (secondary N) is 2. The van der Waals surface area contributed by atoms with Crippen molar-refractivity contribution in [3.8, 4) is 0 Å². The van der Waals surface area contributed by atoms with Gasteiger partial charge in [-0.25, -0.2) is 0 Å². The third-order valence-corrected chi connectivity index (χ3v) is 6.70. The van der Waals surface area contributed by atoms with E-state index in [-0.39, 0.29) is 23.7 Å². The fourth-order valence-corrected chi connectivity index (χ4v) is 4.49. The van der Waals surface area contributed by atoms with Crippen LogP contribution in [0.2, 0.25) is 5.02 Å². The molecule has 1 aliphatic rings. The minimum Gasteiger partial charge on any atom is -0.397 e. The van der Waals surface area contributed by atoms with Crippen LogP contribution in [0.5, 0.6) is 0 Å². The quantitative estimate of drug-likeness (QED) is 0.330. The molecular weight excluding hydrogens is 460 g/mol. The van der Waals surface area contributed by atoms with Gasteiger partial charge < -0.3 is 21.3 Å². The van der Waals surface area contributed by atoms with Crippen LogP contribution in [-0.2, 0) is 9.59 Å². The van der Waals surface area contributed by atoms with Gasteiger partial charge >= 0.3 is 0 Å². The fraction of sp³-hybridized carbons (Fsp3) is 0.214. The number of rotatable bonds is 6. The number of amides is 2. The van der Waals surface area contributed by atoms with Crippen LogP contribution in [0.4, 0.5) is 17.1 Å². The summed E-state index contributed by atoms with van der Waals surface area (Å²) >= 11 is 6.11. The molecule has 3 aromatic rings. The van der Waals surface area contributed by atoms with E-state index in [4.69, 9.17) is 17.3 Å². The molecule has 4 rings (SSSR count). The number of nitrogens with zero attached hydrogens (tertiary/aromatic N) is 1. The van der Waals surface area contributed by atoms with Crippen molar-refractivity contribution in [1.29, 1.82) is 0 Å². The lowest BCUT2D eigenvalue weighted by atomic mass is 9.88. The van der Waals surface area contributed by atoms with Gasteiger partial charge in [-0.15, -0.1) is 0 Å². The third-order valence-electron chi connectivity index (χ3n) is 6.28. The summed E-state index contributed by atoms with van der Waals surface area (Å²) in [7, 11) is 2.03. The summed E-state index contributed by atoms with van der Waals surface area (Å²) < 4.78 is 0. The Kier molecular flexibility index (Phi) is 7.54. The van der Waals surface area contributed by atoms with Crippen molar-refractivity contribution in [3.63, 3.8) is 0 Å². The summed E-state index contributed by atoms with van der Waals surface area (Å²) in [6.07, 6.45) is 3.24. The van der Waals surface area contributed by atoms with Crippen molar-refractivity contribution in [1.82, 2.24) is 4.90 Å². The van der Waals surface area contributed by atoms with E-state index >= 15 is 0 Å². The van der Waals surface area contributed by atoms with Crippen molar-refractivity contribution in [3.05, 3.63) is 94.5 Å². The molecule has 35 heavy (non-hydrogen) atoms.